The summed E-state index contributed by atoms with van der Waals surface area (Å²) >= 11 is 12.3. The van der Waals surface area contributed by atoms with Crippen molar-refractivity contribution in [2.24, 2.45) is 0 Å². The molecule has 0 fully saturated rings. The lowest BCUT2D eigenvalue weighted by Crippen LogP contribution is -2.54. The average Bonchev–Trinajstić information content (AvgIpc) is 2.69. The maximum atomic E-state index is 13.4. The van der Waals surface area contributed by atoms with Crippen molar-refractivity contribution in [1.29, 1.82) is 0 Å². The molecule has 1 atom stereocenters. The van der Waals surface area contributed by atoms with E-state index in [4.69, 9.17) is 23.2 Å². The van der Waals surface area contributed by atoms with Crippen molar-refractivity contribution in [3.8, 4) is 0 Å². The van der Waals surface area contributed by atoms with Gasteiger partial charge in [0.05, 0.1) is 11.9 Å². The van der Waals surface area contributed by atoms with E-state index in [2.05, 4.69) is 5.32 Å². The van der Waals surface area contributed by atoms with Gasteiger partial charge in [0.2, 0.25) is 21.8 Å². The predicted octanol–water partition coefficient (Wildman–Crippen LogP) is 4.23. The molecule has 0 heterocycles. The van der Waals surface area contributed by atoms with Crippen LogP contribution in [-0.4, -0.2) is 49.5 Å². The average molecular weight is 532 g/mol. The summed E-state index contributed by atoms with van der Waals surface area (Å²) < 4.78 is 39.2. The fraction of sp³-hybridized carbons (Fsp3) is 0.391. The Balaban J connectivity index is 2.43. The Labute approximate surface area is 209 Å². The molecule has 34 heavy (non-hydrogen) atoms. The summed E-state index contributed by atoms with van der Waals surface area (Å²) in [6, 6.07) is 8.53. The summed E-state index contributed by atoms with van der Waals surface area (Å²) in [6.45, 7) is 6.31. The number of nitrogens with one attached hydrogen (secondary N) is 1. The summed E-state index contributed by atoms with van der Waals surface area (Å²) in [4.78, 5) is 27.6. The molecule has 0 bridgehead atoms. The fourth-order valence-corrected chi connectivity index (χ4v) is 4.43. The number of carbonyl (C=O) groups is 2. The molecule has 0 saturated heterocycles. The summed E-state index contributed by atoms with van der Waals surface area (Å²) in [6.07, 6.45) is 0.944. The third kappa shape index (κ3) is 7.85. The maximum Gasteiger partial charge on any atom is 0.244 e. The molecule has 186 valence electrons. The van der Waals surface area contributed by atoms with Crippen LogP contribution in [-0.2, 0) is 26.2 Å². The lowest BCUT2D eigenvalue weighted by molar-refractivity contribution is -0.140. The molecule has 7 nitrogen and oxygen atoms in total. The lowest BCUT2D eigenvalue weighted by Gasteiger charge is -2.33. The van der Waals surface area contributed by atoms with Gasteiger partial charge in [0, 0.05) is 22.1 Å². The highest BCUT2D eigenvalue weighted by molar-refractivity contribution is 7.92. The molecule has 0 unspecified atom stereocenters. The van der Waals surface area contributed by atoms with Crippen LogP contribution in [0.25, 0.3) is 0 Å². The summed E-state index contributed by atoms with van der Waals surface area (Å²) in [5, 5.41) is 3.53. The zero-order valence-corrected chi connectivity index (χ0v) is 21.9. The molecule has 0 aliphatic carbocycles. The predicted molar refractivity (Wildman–Crippen MR) is 133 cm³/mol. The van der Waals surface area contributed by atoms with Crippen molar-refractivity contribution in [1.82, 2.24) is 10.2 Å². The van der Waals surface area contributed by atoms with Gasteiger partial charge >= 0.3 is 0 Å². The van der Waals surface area contributed by atoms with E-state index < -0.39 is 45.8 Å². The second kappa shape index (κ2) is 10.9. The number of sulfonamides is 1. The topological polar surface area (TPSA) is 86.8 Å². The van der Waals surface area contributed by atoms with Crippen LogP contribution in [0.1, 0.15) is 33.3 Å². The molecule has 0 radical (unpaired) electrons. The van der Waals surface area contributed by atoms with Crippen LogP contribution in [0.2, 0.25) is 10.0 Å². The first-order valence-electron chi connectivity index (χ1n) is 10.4. The molecule has 11 heteroatoms. The highest BCUT2D eigenvalue weighted by Crippen LogP contribution is 2.24. The molecule has 0 spiro atoms. The number of anilines is 1. The third-order valence-corrected chi connectivity index (χ3v) is 6.54. The van der Waals surface area contributed by atoms with E-state index in [-0.39, 0.29) is 12.2 Å². The van der Waals surface area contributed by atoms with Crippen molar-refractivity contribution in [2.75, 3.05) is 17.1 Å². The molecule has 0 aliphatic rings. The number of hydrogen-bond acceptors (Lipinski definition) is 4. The largest absolute Gasteiger partial charge is 0.350 e. The van der Waals surface area contributed by atoms with Gasteiger partial charge in [-0.3, -0.25) is 13.9 Å². The van der Waals surface area contributed by atoms with Gasteiger partial charge in [-0.25, -0.2) is 12.8 Å². The minimum absolute atomic E-state index is 0.0609. The van der Waals surface area contributed by atoms with E-state index in [0.29, 0.717) is 15.6 Å². The van der Waals surface area contributed by atoms with Crippen LogP contribution < -0.4 is 9.62 Å². The number of rotatable bonds is 8. The van der Waals surface area contributed by atoms with E-state index >= 15 is 0 Å². The fourth-order valence-electron chi connectivity index (χ4n) is 3.11. The minimum Gasteiger partial charge on any atom is -0.350 e. The maximum absolute atomic E-state index is 13.4. The van der Waals surface area contributed by atoms with Gasteiger partial charge in [-0.1, -0.05) is 29.3 Å². The monoisotopic (exact) mass is 531 g/mol. The van der Waals surface area contributed by atoms with Crippen LogP contribution in [0, 0.1) is 5.82 Å². The van der Waals surface area contributed by atoms with Crippen molar-refractivity contribution in [2.45, 2.75) is 45.8 Å². The first kappa shape index (κ1) is 27.9. The van der Waals surface area contributed by atoms with Crippen LogP contribution in [0.3, 0.4) is 0 Å². The van der Waals surface area contributed by atoms with Crippen molar-refractivity contribution >= 4 is 50.7 Å². The van der Waals surface area contributed by atoms with Crippen molar-refractivity contribution in [3.05, 3.63) is 63.9 Å². The Kier molecular flexibility index (Phi) is 8.96. The van der Waals surface area contributed by atoms with Crippen LogP contribution >= 0.6 is 23.2 Å². The Morgan fingerprint density at radius 3 is 2.18 bits per heavy atom. The highest BCUT2D eigenvalue weighted by atomic mass is 35.5. The van der Waals surface area contributed by atoms with Gasteiger partial charge in [0.1, 0.15) is 18.4 Å². The molecular formula is C23H28Cl2FN3O4S. The van der Waals surface area contributed by atoms with E-state index in [1.807, 2.05) is 0 Å². The Hall–Kier alpha value is -2.36. The lowest BCUT2D eigenvalue weighted by atomic mass is 10.1. The second-order valence-electron chi connectivity index (χ2n) is 8.92. The van der Waals surface area contributed by atoms with Gasteiger partial charge in [-0.05, 0) is 69.7 Å². The molecule has 2 rings (SSSR count). The number of benzene rings is 2. The zero-order valence-electron chi connectivity index (χ0n) is 19.6. The standard InChI is InChI=1S/C23H28Cl2FN3O4S/c1-15(22(31)27-23(2,3)4)28(13-16-6-7-17(24)12-20(16)25)21(30)14-29(34(5,32)33)19-10-8-18(26)9-11-19/h6-12,15H,13-14H2,1-5H3,(H,27,31)/t15-/m1/s1. The Morgan fingerprint density at radius 1 is 1.09 bits per heavy atom. The van der Waals surface area contributed by atoms with Crippen LogP contribution in [0.5, 0.6) is 0 Å². The molecule has 2 aromatic carbocycles. The number of nitrogens with zero attached hydrogens (tertiary/aromatic N) is 2. The first-order chi connectivity index (χ1) is 15.6. The molecule has 2 amide bonds. The summed E-state index contributed by atoms with van der Waals surface area (Å²) in [5.41, 5.74) is 0.0984. The normalized spacial score (nSPS) is 12.7. The molecule has 2 aromatic rings. The second-order valence-corrected chi connectivity index (χ2v) is 11.7. The number of carbonyl (C=O) groups excluding carboxylic acids is 2. The Morgan fingerprint density at radius 2 is 1.68 bits per heavy atom. The number of halogens is 3. The van der Waals surface area contributed by atoms with E-state index in [9.17, 15) is 22.4 Å². The van der Waals surface area contributed by atoms with Gasteiger partial charge < -0.3 is 10.2 Å². The number of hydrogen-bond donors (Lipinski definition) is 1. The smallest absolute Gasteiger partial charge is 0.244 e. The number of amides is 2. The van der Waals surface area contributed by atoms with Gasteiger partial charge in [0.25, 0.3) is 0 Å². The van der Waals surface area contributed by atoms with Crippen molar-refractivity contribution < 1.29 is 22.4 Å². The Bertz CT molecular complexity index is 1150. The molecule has 0 aromatic heterocycles. The molecular weight excluding hydrogens is 504 g/mol. The van der Waals surface area contributed by atoms with Crippen molar-refractivity contribution in [3.63, 3.8) is 0 Å². The van der Waals surface area contributed by atoms with Gasteiger partial charge in [-0.15, -0.1) is 0 Å². The molecule has 1 N–H and O–H groups in total. The van der Waals surface area contributed by atoms with E-state index in [1.165, 1.54) is 23.1 Å². The zero-order chi connectivity index (χ0) is 25.8. The van der Waals surface area contributed by atoms with E-state index in [1.54, 1.807) is 39.8 Å². The third-order valence-electron chi connectivity index (χ3n) is 4.82. The first-order valence-corrected chi connectivity index (χ1v) is 13.0. The summed E-state index contributed by atoms with van der Waals surface area (Å²) in [7, 11) is -3.90. The quantitative estimate of drug-likeness (QED) is 0.552. The SMILES string of the molecule is C[C@H](C(=O)NC(C)(C)C)N(Cc1ccc(Cl)cc1Cl)C(=O)CN(c1ccc(F)cc1)S(C)(=O)=O. The highest BCUT2D eigenvalue weighted by Gasteiger charge is 2.31. The molecule has 0 saturated carbocycles. The summed E-state index contributed by atoms with van der Waals surface area (Å²) in [5.74, 6) is -1.61. The van der Waals surface area contributed by atoms with E-state index in [0.717, 1.165) is 22.7 Å². The van der Waals surface area contributed by atoms with Crippen LogP contribution in [0.15, 0.2) is 42.5 Å². The van der Waals surface area contributed by atoms with Crippen LogP contribution in [0.4, 0.5) is 10.1 Å². The van der Waals surface area contributed by atoms with Gasteiger partial charge in [-0.2, -0.15) is 0 Å². The molecule has 0 aliphatic heterocycles. The minimum atomic E-state index is -3.90. The van der Waals surface area contributed by atoms with Gasteiger partial charge in [0.15, 0.2) is 0 Å².